The number of hydrogen-bond donors (Lipinski definition) is 0. The van der Waals surface area contributed by atoms with Gasteiger partial charge in [0.2, 0.25) is 5.75 Å². The maximum atomic E-state index is 11.8. The van der Waals surface area contributed by atoms with Gasteiger partial charge in [-0.1, -0.05) is 25.5 Å². The highest BCUT2D eigenvalue weighted by molar-refractivity contribution is 5.95. The number of Topliss-reactive ketones (excluding diaryl/α,β-unsaturated/α-hetero) is 1. The zero-order chi connectivity index (χ0) is 17.8. The minimum Gasteiger partial charge on any atom is -0.489 e. The minimum atomic E-state index is -0.0442. The SMILES string of the molecule is C=CCCOc1cc(C(C)=O)cc(OCCC=C)c1OCCCC. The van der Waals surface area contributed by atoms with E-state index in [1.54, 1.807) is 24.3 Å². The third-order valence-electron chi connectivity index (χ3n) is 3.33. The molecule has 0 saturated heterocycles. The van der Waals surface area contributed by atoms with E-state index in [0.29, 0.717) is 55.5 Å². The Kier molecular flexibility index (Phi) is 9.35. The third kappa shape index (κ3) is 6.49. The van der Waals surface area contributed by atoms with Crippen LogP contribution in [0.5, 0.6) is 17.2 Å². The second-order valence-corrected chi connectivity index (χ2v) is 5.41. The van der Waals surface area contributed by atoms with Crippen molar-refractivity contribution in [2.45, 2.75) is 39.5 Å². The van der Waals surface area contributed by atoms with Crippen molar-refractivity contribution in [3.05, 3.63) is 43.0 Å². The number of ether oxygens (including phenoxy) is 3. The van der Waals surface area contributed by atoms with E-state index in [9.17, 15) is 4.79 Å². The van der Waals surface area contributed by atoms with Crippen molar-refractivity contribution in [2.75, 3.05) is 19.8 Å². The van der Waals surface area contributed by atoms with Crippen LogP contribution in [0.25, 0.3) is 0 Å². The molecule has 0 saturated carbocycles. The Morgan fingerprint density at radius 2 is 1.54 bits per heavy atom. The largest absolute Gasteiger partial charge is 0.489 e. The average Bonchev–Trinajstić information content (AvgIpc) is 2.56. The molecule has 1 aromatic carbocycles. The Bertz CT molecular complexity index is 514. The molecule has 0 unspecified atom stereocenters. The van der Waals surface area contributed by atoms with Crippen LogP contribution in [0.4, 0.5) is 0 Å². The highest BCUT2D eigenvalue weighted by Gasteiger charge is 2.17. The maximum Gasteiger partial charge on any atom is 0.203 e. The summed E-state index contributed by atoms with van der Waals surface area (Å²) in [5, 5.41) is 0. The lowest BCUT2D eigenvalue weighted by Gasteiger charge is -2.18. The Morgan fingerprint density at radius 1 is 1.00 bits per heavy atom. The van der Waals surface area contributed by atoms with Crippen molar-refractivity contribution in [3.63, 3.8) is 0 Å². The smallest absolute Gasteiger partial charge is 0.203 e. The molecule has 24 heavy (non-hydrogen) atoms. The fourth-order valence-corrected chi connectivity index (χ4v) is 1.96. The summed E-state index contributed by atoms with van der Waals surface area (Å²) in [7, 11) is 0. The second kappa shape index (κ2) is 11.3. The van der Waals surface area contributed by atoms with Crippen LogP contribution in [-0.2, 0) is 0 Å². The van der Waals surface area contributed by atoms with E-state index in [2.05, 4.69) is 20.1 Å². The number of carbonyl (C=O) groups is 1. The highest BCUT2D eigenvalue weighted by atomic mass is 16.5. The molecule has 1 aromatic rings. The average molecular weight is 332 g/mol. The second-order valence-electron chi connectivity index (χ2n) is 5.41. The normalized spacial score (nSPS) is 10.1. The molecule has 0 radical (unpaired) electrons. The topological polar surface area (TPSA) is 44.8 Å². The van der Waals surface area contributed by atoms with Gasteiger partial charge in [0.1, 0.15) is 0 Å². The Hall–Kier alpha value is -2.23. The number of ketones is 1. The van der Waals surface area contributed by atoms with E-state index in [1.165, 1.54) is 6.92 Å². The predicted octanol–water partition coefficient (Wildman–Crippen LogP) is 4.98. The monoisotopic (exact) mass is 332 g/mol. The molecule has 0 heterocycles. The summed E-state index contributed by atoms with van der Waals surface area (Å²) in [6, 6.07) is 3.43. The summed E-state index contributed by atoms with van der Waals surface area (Å²) in [5.74, 6) is 1.59. The van der Waals surface area contributed by atoms with E-state index in [0.717, 1.165) is 12.8 Å². The lowest BCUT2D eigenvalue weighted by molar-refractivity contribution is 0.101. The lowest BCUT2D eigenvalue weighted by Crippen LogP contribution is -2.07. The van der Waals surface area contributed by atoms with Crippen molar-refractivity contribution in [3.8, 4) is 17.2 Å². The highest BCUT2D eigenvalue weighted by Crippen LogP contribution is 2.39. The molecule has 0 aliphatic rings. The van der Waals surface area contributed by atoms with Gasteiger partial charge in [-0.25, -0.2) is 0 Å². The molecule has 1 rings (SSSR count). The van der Waals surface area contributed by atoms with Gasteiger partial charge in [0.25, 0.3) is 0 Å². The van der Waals surface area contributed by atoms with E-state index < -0.39 is 0 Å². The molecule has 0 amide bonds. The molecule has 0 fully saturated rings. The molecular weight excluding hydrogens is 304 g/mol. The van der Waals surface area contributed by atoms with Crippen LogP contribution < -0.4 is 14.2 Å². The van der Waals surface area contributed by atoms with E-state index in [-0.39, 0.29) is 5.78 Å². The summed E-state index contributed by atoms with van der Waals surface area (Å²) in [4.78, 5) is 11.8. The molecule has 4 heteroatoms. The first-order valence-corrected chi connectivity index (χ1v) is 8.43. The van der Waals surface area contributed by atoms with Crippen molar-refractivity contribution >= 4 is 5.78 Å². The van der Waals surface area contributed by atoms with Crippen LogP contribution in [-0.4, -0.2) is 25.6 Å². The number of carbonyl (C=O) groups excluding carboxylic acids is 1. The fourth-order valence-electron chi connectivity index (χ4n) is 1.96. The number of rotatable bonds is 13. The van der Waals surface area contributed by atoms with Gasteiger partial charge in [0, 0.05) is 5.56 Å². The zero-order valence-corrected chi connectivity index (χ0v) is 14.8. The minimum absolute atomic E-state index is 0.0442. The molecular formula is C20H28O4. The molecule has 4 nitrogen and oxygen atoms in total. The van der Waals surface area contributed by atoms with Gasteiger partial charge in [-0.2, -0.15) is 0 Å². The Morgan fingerprint density at radius 3 is 1.96 bits per heavy atom. The van der Waals surface area contributed by atoms with Gasteiger partial charge in [-0.05, 0) is 38.3 Å². The first-order chi connectivity index (χ1) is 11.6. The summed E-state index contributed by atoms with van der Waals surface area (Å²) < 4.78 is 17.5. The molecule has 0 atom stereocenters. The van der Waals surface area contributed by atoms with Crippen molar-refractivity contribution in [2.24, 2.45) is 0 Å². The fraction of sp³-hybridized carbons (Fsp3) is 0.450. The molecule has 0 N–H and O–H groups in total. The van der Waals surface area contributed by atoms with Gasteiger partial charge in [0.15, 0.2) is 17.3 Å². The Balaban J connectivity index is 3.13. The number of hydrogen-bond acceptors (Lipinski definition) is 4. The van der Waals surface area contributed by atoms with Crippen LogP contribution in [0.3, 0.4) is 0 Å². The first kappa shape index (κ1) is 19.8. The van der Waals surface area contributed by atoms with E-state index in [4.69, 9.17) is 14.2 Å². The molecule has 132 valence electrons. The molecule has 0 aliphatic carbocycles. The van der Waals surface area contributed by atoms with Crippen molar-refractivity contribution < 1.29 is 19.0 Å². The van der Waals surface area contributed by atoms with Gasteiger partial charge < -0.3 is 14.2 Å². The summed E-state index contributed by atoms with van der Waals surface area (Å²) in [6.07, 6.45) is 6.97. The van der Waals surface area contributed by atoms with Crippen LogP contribution in [0.1, 0.15) is 49.9 Å². The van der Waals surface area contributed by atoms with Crippen LogP contribution in [0, 0.1) is 0 Å². The summed E-state index contributed by atoms with van der Waals surface area (Å²) in [5.41, 5.74) is 0.542. The van der Waals surface area contributed by atoms with E-state index >= 15 is 0 Å². The first-order valence-electron chi connectivity index (χ1n) is 8.43. The summed E-state index contributed by atoms with van der Waals surface area (Å²) >= 11 is 0. The van der Waals surface area contributed by atoms with Crippen LogP contribution >= 0.6 is 0 Å². The van der Waals surface area contributed by atoms with E-state index in [1.807, 2.05) is 0 Å². The van der Waals surface area contributed by atoms with Crippen molar-refractivity contribution in [1.82, 2.24) is 0 Å². The molecule has 0 bridgehead atoms. The zero-order valence-electron chi connectivity index (χ0n) is 14.8. The van der Waals surface area contributed by atoms with Crippen LogP contribution in [0.15, 0.2) is 37.4 Å². The van der Waals surface area contributed by atoms with Gasteiger partial charge >= 0.3 is 0 Å². The molecule has 0 spiro atoms. The molecule has 0 aliphatic heterocycles. The van der Waals surface area contributed by atoms with Crippen molar-refractivity contribution in [1.29, 1.82) is 0 Å². The number of benzene rings is 1. The molecule has 0 aromatic heterocycles. The number of unbranched alkanes of at least 4 members (excludes halogenated alkanes) is 1. The van der Waals surface area contributed by atoms with Gasteiger partial charge in [0.05, 0.1) is 19.8 Å². The van der Waals surface area contributed by atoms with Crippen LogP contribution in [0.2, 0.25) is 0 Å². The Labute approximate surface area is 145 Å². The maximum absolute atomic E-state index is 11.8. The summed E-state index contributed by atoms with van der Waals surface area (Å²) in [6.45, 7) is 12.5. The standard InChI is InChI=1S/C20H28O4/c1-5-8-11-22-18-14-17(16(4)21)15-19(23-12-9-6-2)20(18)24-13-10-7-3/h5-6,14-15H,1-2,7-13H2,3-4H3. The predicted molar refractivity (Wildman–Crippen MR) is 97.5 cm³/mol. The lowest BCUT2D eigenvalue weighted by atomic mass is 10.1. The van der Waals surface area contributed by atoms with Gasteiger partial charge in [-0.15, -0.1) is 13.2 Å². The third-order valence-corrected chi connectivity index (χ3v) is 3.33. The van der Waals surface area contributed by atoms with Gasteiger partial charge in [-0.3, -0.25) is 4.79 Å². The quantitative estimate of drug-likeness (QED) is 0.290.